The molecule has 3 aromatic heterocycles. The van der Waals surface area contributed by atoms with Crippen molar-refractivity contribution in [3.05, 3.63) is 71.4 Å². The maximum Gasteiger partial charge on any atom is 0.251 e. The topological polar surface area (TPSA) is 76.2 Å². The van der Waals surface area contributed by atoms with E-state index in [2.05, 4.69) is 19.9 Å². The Bertz CT molecular complexity index is 1130. The van der Waals surface area contributed by atoms with Crippen LogP contribution in [-0.4, -0.2) is 29.4 Å². The van der Waals surface area contributed by atoms with E-state index < -0.39 is 11.7 Å². The molecular weight excluding hydrogens is 340 g/mol. The number of aromatic hydroxyl groups is 1. The standard InChI is InChI=1S/C18H13F2N5O/c1-10-3-2-4-11(15(10)20)7-13-17-21-5-6-25(17)9-14(23-13)16-22-8-12(19)18(26)24-16/h2-6,8-9H,7H2,1H3,(H,22,24,26). The molecule has 0 fully saturated rings. The fourth-order valence-electron chi connectivity index (χ4n) is 2.73. The molecule has 3 heterocycles. The number of nitrogens with zero attached hydrogens (tertiary/aromatic N) is 5. The van der Waals surface area contributed by atoms with Gasteiger partial charge in [-0.2, -0.15) is 9.37 Å². The van der Waals surface area contributed by atoms with Gasteiger partial charge in [0.15, 0.2) is 11.5 Å². The number of fused-ring (bicyclic) bond motifs is 1. The van der Waals surface area contributed by atoms with Crippen molar-refractivity contribution in [1.82, 2.24) is 24.3 Å². The summed E-state index contributed by atoms with van der Waals surface area (Å²) in [5.74, 6) is -1.90. The van der Waals surface area contributed by atoms with E-state index in [9.17, 15) is 13.9 Å². The Balaban J connectivity index is 1.85. The Hall–Kier alpha value is -3.42. The minimum atomic E-state index is -0.917. The van der Waals surface area contributed by atoms with Gasteiger partial charge in [0, 0.05) is 25.0 Å². The van der Waals surface area contributed by atoms with Gasteiger partial charge in [0.25, 0.3) is 5.88 Å². The van der Waals surface area contributed by atoms with Gasteiger partial charge in [-0.05, 0) is 18.1 Å². The highest BCUT2D eigenvalue weighted by molar-refractivity contribution is 5.55. The average molecular weight is 353 g/mol. The second kappa shape index (κ2) is 6.14. The van der Waals surface area contributed by atoms with E-state index in [1.807, 2.05) is 0 Å². The highest BCUT2D eigenvalue weighted by atomic mass is 19.1. The SMILES string of the molecule is Cc1cccc(Cc2nc(-c3ncc(F)c(O)n3)cn3ccnc23)c1F. The molecular formula is C18H13F2N5O. The minimum absolute atomic E-state index is 0.0606. The van der Waals surface area contributed by atoms with Crippen molar-refractivity contribution in [2.75, 3.05) is 0 Å². The lowest BCUT2D eigenvalue weighted by Crippen LogP contribution is -2.04. The number of aromatic nitrogens is 5. The number of halogens is 2. The van der Waals surface area contributed by atoms with E-state index in [1.165, 1.54) is 0 Å². The summed E-state index contributed by atoms with van der Waals surface area (Å²) in [6.45, 7) is 1.70. The van der Waals surface area contributed by atoms with Crippen LogP contribution in [0.5, 0.6) is 5.88 Å². The first-order chi connectivity index (χ1) is 12.5. The molecule has 0 amide bonds. The van der Waals surface area contributed by atoms with Crippen molar-refractivity contribution in [2.24, 2.45) is 0 Å². The van der Waals surface area contributed by atoms with Crippen molar-refractivity contribution in [1.29, 1.82) is 0 Å². The maximum atomic E-state index is 14.4. The third-order valence-electron chi connectivity index (χ3n) is 4.03. The molecule has 0 aliphatic carbocycles. The zero-order valence-electron chi connectivity index (χ0n) is 13.7. The van der Waals surface area contributed by atoms with E-state index in [4.69, 9.17) is 0 Å². The number of rotatable bonds is 3. The average Bonchev–Trinajstić information content (AvgIpc) is 3.10. The fourth-order valence-corrected chi connectivity index (χ4v) is 2.73. The first-order valence-corrected chi connectivity index (χ1v) is 7.81. The van der Waals surface area contributed by atoms with Crippen LogP contribution in [0, 0.1) is 18.6 Å². The number of benzene rings is 1. The Morgan fingerprint density at radius 3 is 2.81 bits per heavy atom. The van der Waals surface area contributed by atoms with Crippen molar-refractivity contribution >= 4 is 5.65 Å². The number of imidazole rings is 1. The summed E-state index contributed by atoms with van der Waals surface area (Å²) in [5.41, 5.74) is 2.44. The molecule has 0 radical (unpaired) electrons. The van der Waals surface area contributed by atoms with Crippen LogP contribution >= 0.6 is 0 Å². The molecule has 0 aliphatic heterocycles. The third kappa shape index (κ3) is 2.75. The first-order valence-electron chi connectivity index (χ1n) is 7.81. The van der Waals surface area contributed by atoms with Gasteiger partial charge in [-0.25, -0.2) is 19.3 Å². The molecule has 0 spiro atoms. The van der Waals surface area contributed by atoms with Crippen LogP contribution in [0.2, 0.25) is 0 Å². The number of hydrogen-bond donors (Lipinski definition) is 1. The minimum Gasteiger partial charge on any atom is -0.491 e. The zero-order chi connectivity index (χ0) is 18.3. The third-order valence-corrected chi connectivity index (χ3v) is 4.03. The molecule has 8 heteroatoms. The van der Waals surface area contributed by atoms with Crippen LogP contribution in [0.25, 0.3) is 17.2 Å². The molecule has 1 N–H and O–H groups in total. The predicted octanol–water partition coefficient (Wildman–Crippen LogP) is 3.07. The van der Waals surface area contributed by atoms with Crippen LogP contribution in [0.4, 0.5) is 8.78 Å². The fraction of sp³-hybridized carbons (Fsp3) is 0.111. The van der Waals surface area contributed by atoms with Crippen LogP contribution in [-0.2, 0) is 6.42 Å². The molecule has 0 atom stereocenters. The van der Waals surface area contributed by atoms with E-state index >= 15 is 0 Å². The zero-order valence-corrected chi connectivity index (χ0v) is 13.7. The molecule has 0 bridgehead atoms. The molecule has 4 rings (SSSR count). The van der Waals surface area contributed by atoms with Crippen LogP contribution in [0.15, 0.2) is 43.0 Å². The second-order valence-electron chi connectivity index (χ2n) is 5.82. The largest absolute Gasteiger partial charge is 0.491 e. The summed E-state index contributed by atoms with van der Waals surface area (Å²) in [6, 6.07) is 5.17. The lowest BCUT2D eigenvalue weighted by Gasteiger charge is -2.09. The van der Waals surface area contributed by atoms with Gasteiger partial charge in [0.1, 0.15) is 11.5 Å². The molecule has 26 heavy (non-hydrogen) atoms. The van der Waals surface area contributed by atoms with E-state index in [0.717, 1.165) is 6.20 Å². The van der Waals surface area contributed by atoms with Gasteiger partial charge >= 0.3 is 0 Å². The Labute approximate surface area is 146 Å². The van der Waals surface area contributed by atoms with E-state index in [1.54, 1.807) is 48.1 Å². The monoisotopic (exact) mass is 353 g/mol. The molecule has 130 valence electrons. The normalized spacial score (nSPS) is 11.2. The van der Waals surface area contributed by atoms with E-state index in [-0.39, 0.29) is 18.1 Å². The van der Waals surface area contributed by atoms with Gasteiger partial charge < -0.3 is 9.51 Å². The number of hydrogen-bond acceptors (Lipinski definition) is 5. The molecule has 0 unspecified atom stereocenters. The lowest BCUT2D eigenvalue weighted by atomic mass is 10.1. The summed E-state index contributed by atoms with van der Waals surface area (Å²) in [7, 11) is 0. The van der Waals surface area contributed by atoms with Crippen LogP contribution in [0.1, 0.15) is 16.8 Å². The molecule has 6 nitrogen and oxygen atoms in total. The first kappa shape index (κ1) is 16.1. The highest BCUT2D eigenvalue weighted by Crippen LogP contribution is 2.22. The smallest absolute Gasteiger partial charge is 0.251 e. The predicted molar refractivity (Wildman–Crippen MR) is 89.6 cm³/mol. The van der Waals surface area contributed by atoms with Gasteiger partial charge in [-0.3, -0.25) is 0 Å². The molecule has 1 aromatic carbocycles. The van der Waals surface area contributed by atoms with Crippen LogP contribution < -0.4 is 0 Å². The van der Waals surface area contributed by atoms with Gasteiger partial charge in [0.05, 0.1) is 11.9 Å². The van der Waals surface area contributed by atoms with Gasteiger partial charge in [-0.1, -0.05) is 18.2 Å². The summed E-state index contributed by atoms with van der Waals surface area (Å²) in [4.78, 5) is 16.3. The number of aryl methyl sites for hydroxylation is 1. The van der Waals surface area contributed by atoms with Gasteiger partial charge in [0.2, 0.25) is 5.82 Å². The second-order valence-corrected chi connectivity index (χ2v) is 5.82. The summed E-state index contributed by atoms with van der Waals surface area (Å²) in [5, 5.41) is 9.48. The molecule has 0 saturated carbocycles. The van der Waals surface area contributed by atoms with E-state index in [0.29, 0.717) is 28.2 Å². The molecule has 4 aromatic rings. The quantitative estimate of drug-likeness (QED) is 0.613. The summed E-state index contributed by atoms with van der Waals surface area (Å²) < 4.78 is 29.3. The molecule has 0 aliphatic rings. The van der Waals surface area contributed by atoms with Gasteiger partial charge in [-0.15, -0.1) is 0 Å². The summed E-state index contributed by atoms with van der Waals surface area (Å²) in [6.07, 6.45) is 6.01. The van der Waals surface area contributed by atoms with Crippen molar-refractivity contribution < 1.29 is 13.9 Å². The lowest BCUT2D eigenvalue weighted by molar-refractivity contribution is 0.409. The Morgan fingerprint density at radius 2 is 2.00 bits per heavy atom. The maximum absolute atomic E-state index is 14.4. The van der Waals surface area contributed by atoms with Crippen molar-refractivity contribution in [2.45, 2.75) is 13.3 Å². The molecule has 0 saturated heterocycles. The Morgan fingerprint density at radius 1 is 1.15 bits per heavy atom. The van der Waals surface area contributed by atoms with Crippen molar-refractivity contribution in [3.8, 4) is 17.4 Å². The van der Waals surface area contributed by atoms with Crippen molar-refractivity contribution in [3.63, 3.8) is 0 Å². The Kier molecular flexibility index (Phi) is 3.80. The van der Waals surface area contributed by atoms with Crippen LogP contribution in [0.3, 0.4) is 0 Å². The highest BCUT2D eigenvalue weighted by Gasteiger charge is 2.15. The summed E-state index contributed by atoms with van der Waals surface area (Å²) >= 11 is 0.